The quantitative estimate of drug-likeness (QED) is 0.357. The van der Waals surface area contributed by atoms with Gasteiger partial charge in [0.2, 0.25) is 0 Å². The van der Waals surface area contributed by atoms with Crippen molar-refractivity contribution in [1.82, 2.24) is 0 Å². The lowest BCUT2D eigenvalue weighted by atomic mass is 9.93. The molecule has 3 atom stereocenters. The van der Waals surface area contributed by atoms with Crippen molar-refractivity contribution in [1.29, 1.82) is 0 Å². The molecular formula is C22H33NO7Si. The molecule has 0 unspecified atom stereocenters. The number of nitro benzene ring substituents is 1. The van der Waals surface area contributed by atoms with E-state index in [1.807, 2.05) is 13.8 Å². The molecule has 0 saturated heterocycles. The molecule has 0 spiro atoms. The summed E-state index contributed by atoms with van der Waals surface area (Å²) in [6, 6.07) is 5.46. The fourth-order valence-corrected chi connectivity index (χ4v) is 3.82. The Labute approximate surface area is 184 Å². The van der Waals surface area contributed by atoms with Crippen molar-refractivity contribution in [3.05, 3.63) is 51.6 Å². The molecule has 0 radical (unpaired) electrons. The molecule has 0 fully saturated rings. The zero-order valence-electron chi connectivity index (χ0n) is 19.2. The van der Waals surface area contributed by atoms with Gasteiger partial charge in [-0.3, -0.25) is 14.9 Å². The molecule has 0 aromatic heterocycles. The van der Waals surface area contributed by atoms with Crippen LogP contribution in [0.15, 0.2) is 35.9 Å². The van der Waals surface area contributed by atoms with E-state index in [0.717, 1.165) is 0 Å². The van der Waals surface area contributed by atoms with Gasteiger partial charge < -0.3 is 19.0 Å². The van der Waals surface area contributed by atoms with Gasteiger partial charge in [0.25, 0.3) is 5.69 Å². The summed E-state index contributed by atoms with van der Waals surface area (Å²) < 4.78 is 17.8. The van der Waals surface area contributed by atoms with Crippen molar-refractivity contribution >= 4 is 19.8 Å². The number of aliphatic hydroxyl groups excluding tert-OH is 1. The first-order chi connectivity index (χ1) is 14.2. The van der Waals surface area contributed by atoms with Crippen molar-refractivity contribution in [2.75, 3.05) is 6.61 Å². The van der Waals surface area contributed by atoms with Gasteiger partial charge in [0.15, 0.2) is 20.4 Å². The summed E-state index contributed by atoms with van der Waals surface area (Å²) >= 11 is 0. The summed E-state index contributed by atoms with van der Waals surface area (Å²) in [5.41, 5.74) is 0.416. The maximum absolute atomic E-state index is 13.1. The van der Waals surface area contributed by atoms with E-state index in [1.165, 1.54) is 30.3 Å². The number of non-ortho nitro benzene ring substituents is 1. The third kappa shape index (κ3) is 6.30. The van der Waals surface area contributed by atoms with Crippen LogP contribution in [0.2, 0.25) is 18.1 Å². The normalized spacial score (nSPS) is 21.2. The molecule has 172 valence electrons. The minimum atomic E-state index is -2.12. The average molecular weight is 452 g/mol. The number of hydrogen-bond acceptors (Lipinski definition) is 7. The number of ether oxygens (including phenoxy) is 2. The third-order valence-corrected chi connectivity index (χ3v) is 10.2. The van der Waals surface area contributed by atoms with Crippen LogP contribution in [0.5, 0.6) is 0 Å². The van der Waals surface area contributed by atoms with Gasteiger partial charge in [-0.2, -0.15) is 0 Å². The summed E-state index contributed by atoms with van der Waals surface area (Å²) in [6.45, 7) is 14.3. The first kappa shape index (κ1) is 25.3. The summed E-state index contributed by atoms with van der Waals surface area (Å²) in [6.07, 6.45) is -1.67. The van der Waals surface area contributed by atoms with Crippen LogP contribution < -0.4 is 0 Å². The predicted octanol–water partition coefficient (Wildman–Crippen LogP) is 4.30. The van der Waals surface area contributed by atoms with Crippen molar-refractivity contribution < 1.29 is 28.7 Å². The van der Waals surface area contributed by atoms with Crippen LogP contribution >= 0.6 is 0 Å². The summed E-state index contributed by atoms with van der Waals surface area (Å²) in [4.78, 5) is 23.5. The fourth-order valence-electron chi connectivity index (χ4n) is 2.82. The molecular weight excluding hydrogens is 418 g/mol. The van der Waals surface area contributed by atoms with Crippen LogP contribution in [0, 0.1) is 10.1 Å². The molecule has 1 aromatic rings. The van der Waals surface area contributed by atoms with Gasteiger partial charge in [-0.1, -0.05) is 20.8 Å². The Morgan fingerprint density at radius 2 is 1.81 bits per heavy atom. The molecule has 0 bridgehead atoms. The molecule has 1 N–H and O–H groups in total. The molecule has 9 heteroatoms. The maximum Gasteiger partial charge on any atom is 0.269 e. The van der Waals surface area contributed by atoms with Gasteiger partial charge in [-0.05, 0) is 55.8 Å². The first-order valence-corrected chi connectivity index (χ1v) is 13.3. The average Bonchev–Trinajstić information content (AvgIpc) is 2.66. The highest BCUT2D eigenvalue weighted by atomic mass is 28.4. The van der Waals surface area contributed by atoms with Crippen LogP contribution in [0.3, 0.4) is 0 Å². The molecule has 1 aliphatic rings. The van der Waals surface area contributed by atoms with Crippen LogP contribution in [0.4, 0.5) is 5.69 Å². The van der Waals surface area contributed by atoms with Crippen molar-refractivity contribution in [3.63, 3.8) is 0 Å². The van der Waals surface area contributed by atoms with Gasteiger partial charge >= 0.3 is 0 Å². The smallest absolute Gasteiger partial charge is 0.269 e. The van der Waals surface area contributed by atoms with Crippen LogP contribution in [0.1, 0.15) is 46.3 Å². The van der Waals surface area contributed by atoms with E-state index in [2.05, 4.69) is 33.9 Å². The van der Waals surface area contributed by atoms with E-state index in [0.29, 0.717) is 5.56 Å². The monoisotopic (exact) mass is 451 g/mol. The lowest BCUT2D eigenvalue weighted by molar-refractivity contribution is -0.384. The fraction of sp³-hybridized carbons (Fsp3) is 0.591. The van der Waals surface area contributed by atoms with Gasteiger partial charge in [0.1, 0.15) is 12.2 Å². The second kappa shape index (κ2) is 9.70. The summed E-state index contributed by atoms with van der Waals surface area (Å²) in [5.74, 6) is -0.381. The lowest BCUT2D eigenvalue weighted by Crippen LogP contribution is -2.47. The number of nitro groups is 1. The van der Waals surface area contributed by atoms with Crippen LogP contribution in [-0.4, -0.2) is 49.2 Å². The Balaban J connectivity index is 2.28. The summed E-state index contributed by atoms with van der Waals surface area (Å²) in [7, 11) is -2.12. The number of rotatable bonds is 8. The number of hydrogen-bond donors (Lipinski definition) is 1. The van der Waals surface area contributed by atoms with Crippen molar-refractivity contribution in [2.45, 2.75) is 77.4 Å². The van der Waals surface area contributed by atoms with E-state index < -0.39 is 31.7 Å². The van der Waals surface area contributed by atoms with Gasteiger partial charge in [-0.15, -0.1) is 0 Å². The molecule has 0 aliphatic carbocycles. The minimum absolute atomic E-state index is 0.0323. The van der Waals surface area contributed by atoms with Gasteiger partial charge in [0, 0.05) is 17.7 Å². The van der Waals surface area contributed by atoms with Gasteiger partial charge in [-0.25, -0.2) is 0 Å². The summed E-state index contributed by atoms with van der Waals surface area (Å²) in [5, 5.41) is 21.7. The topological polar surface area (TPSA) is 108 Å². The second-order valence-electron chi connectivity index (χ2n) is 9.49. The Morgan fingerprint density at radius 3 is 2.29 bits per heavy atom. The maximum atomic E-state index is 13.1. The molecule has 1 aliphatic heterocycles. The Morgan fingerprint density at radius 1 is 1.23 bits per heavy atom. The molecule has 0 amide bonds. The van der Waals surface area contributed by atoms with Gasteiger partial charge in [0.05, 0.1) is 17.6 Å². The number of carbonyl (C=O) groups excluding carboxylic acids is 1. The highest BCUT2D eigenvalue weighted by Gasteiger charge is 2.41. The minimum Gasteiger partial charge on any atom is -0.414 e. The highest BCUT2D eigenvalue weighted by Crippen LogP contribution is 2.37. The van der Waals surface area contributed by atoms with Crippen LogP contribution in [-0.2, 0) is 18.7 Å². The molecule has 1 heterocycles. The standard InChI is InChI=1S/C22H33NO7Si/c1-14(2)29-19-12-17(20(24)15-8-10-16(11-9-15)23(26)27)21(25)18(30-19)13-28-31(6,7)22(3,4)5/h8-12,14,18-20,24H,13H2,1-7H3/t18-,19+,20-/m1/s1. The zero-order chi connectivity index (χ0) is 23.6. The van der Waals surface area contributed by atoms with E-state index in [4.69, 9.17) is 13.9 Å². The number of ketones is 1. The second-order valence-corrected chi connectivity index (χ2v) is 14.3. The highest BCUT2D eigenvalue weighted by molar-refractivity contribution is 6.74. The zero-order valence-corrected chi connectivity index (χ0v) is 20.2. The predicted molar refractivity (Wildman–Crippen MR) is 119 cm³/mol. The van der Waals surface area contributed by atoms with Crippen molar-refractivity contribution in [2.24, 2.45) is 0 Å². The molecule has 31 heavy (non-hydrogen) atoms. The van der Waals surface area contributed by atoms with E-state index in [9.17, 15) is 20.0 Å². The van der Waals surface area contributed by atoms with Crippen LogP contribution in [0.25, 0.3) is 0 Å². The SMILES string of the molecule is CC(C)O[C@@H]1C=C([C@H](O)c2ccc([N+](=O)[O-])cc2)C(=O)[C@@H](CO[Si](C)(C)C(C)(C)C)O1. The molecule has 8 nitrogen and oxygen atoms in total. The van der Waals surface area contributed by atoms with Crippen molar-refractivity contribution in [3.8, 4) is 0 Å². The largest absolute Gasteiger partial charge is 0.414 e. The number of aliphatic hydroxyl groups is 1. The Kier molecular flexibility index (Phi) is 7.93. The third-order valence-electron chi connectivity index (χ3n) is 5.71. The van der Waals surface area contributed by atoms with E-state index >= 15 is 0 Å². The first-order valence-electron chi connectivity index (χ1n) is 10.4. The Hall–Kier alpha value is -1.91. The lowest BCUT2D eigenvalue weighted by Gasteiger charge is -2.38. The van der Waals surface area contributed by atoms with E-state index in [-0.39, 0.29) is 34.8 Å². The number of carbonyl (C=O) groups is 1. The molecule has 1 aromatic carbocycles. The molecule has 0 saturated carbocycles. The van der Waals surface area contributed by atoms with E-state index in [1.54, 1.807) is 0 Å². The number of nitrogens with zero attached hydrogens (tertiary/aromatic N) is 1. The number of benzene rings is 1. The Bertz CT molecular complexity index is 827. The number of Topliss-reactive ketones (excluding diaryl/α,β-unsaturated/α-hetero) is 1. The molecule has 2 rings (SSSR count).